The molecule has 2 aliphatic rings. The van der Waals surface area contributed by atoms with Crippen molar-refractivity contribution in [2.24, 2.45) is 11.8 Å². The molecule has 0 bridgehead atoms. The molecule has 0 amide bonds. The van der Waals surface area contributed by atoms with Crippen LogP contribution in [-0.2, 0) is 14.3 Å². The van der Waals surface area contributed by atoms with Crippen molar-refractivity contribution in [1.82, 2.24) is 19.5 Å². The maximum absolute atomic E-state index is 11.2. The summed E-state index contributed by atoms with van der Waals surface area (Å²) in [6, 6.07) is 0. The van der Waals surface area contributed by atoms with Gasteiger partial charge in [-0.1, -0.05) is 12.2 Å². The van der Waals surface area contributed by atoms with Crippen molar-refractivity contribution in [2.45, 2.75) is 32.1 Å². The van der Waals surface area contributed by atoms with Crippen LogP contribution in [0.5, 0.6) is 0 Å². The van der Waals surface area contributed by atoms with E-state index in [1.807, 2.05) is 4.57 Å². The summed E-state index contributed by atoms with van der Waals surface area (Å²) in [5, 5.41) is 0. The number of carbonyl (C=O) groups excluding carboxylic acids is 1. The predicted molar refractivity (Wildman–Crippen MR) is 90.0 cm³/mol. The number of hydrogen-bond donors (Lipinski definition) is 2. The van der Waals surface area contributed by atoms with E-state index in [1.165, 1.54) is 6.92 Å². The average molecular weight is 344 g/mol. The van der Waals surface area contributed by atoms with Crippen molar-refractivity contribution in [3.05, 3.63) is 18.5 Å². The summed E-state index contributed by atoms with van der Waals surface area (Å²) in [5.74, 6) is 0.539. The van der Waals surface area contributed by atoms with E-state index in [9.17, 15) is 4.79 Å². The fraction of sp³-hybridized carbons (Fsp3) is 0.500. The summed E-state index contributed by atoms with van der Waals surface area (Å²) in [4.78, 5) is 23.7. The minimum absolute atomic E-state index is 0.0984. The molecule has 2 aromatic heterocycles. The molecule has 9 nitrogen and oxygen atoms in total. The number of imidazole rings is 1. The zero-order chi connectivity index (χ0) is 17.6. The molecule has 1 aliphatic heterocycles. The number of anilines is 2. The van der Waals surface area contributed by atoms with E-state index in [0.29, 0.717) is 11.2 Å². The molecule has 0 aromatic carbocycles. The van der Waals surface area contributed by atoms with Crippen molar-refractivity contribution in [3.63, 3.8) is 0 Å². The first-order chi connectivity index (χ1) is 12.0. The first-order valence-electron chi connectivity index (χ1n) is 8.24. The Kier molecular flexibility index (Phi) is 3.79. The number of carbonyl (C=O) groups is 1. The Morgan fingerprint density at radius 1 is 1.32 bits per heavy atom. The second kappa shape index (κ2) is 5.99. The highest BCUT2D eigenvalue weighted by Gasteiger charge is 2.46. The maximum Gasteiger partial charge on any atom is 0.302 e. The van der Waals surface area contributed by atoms with Gasteiger partial charge in [-0.25, -0.2) is 4.98 Å². The highest BCUT2D eigenvalue weighted by Crippen LogP contribution is 2.46. The van der Waals surface area contributed by atoms with Crippen LogP contribution in [0, 0.1) is 11.8 Å². The molecule has 1 fully saturated rings. The Hall–Kier alpha value is -2.68. The van der Waals surface area contributed by atoms with Gasteiger partial charge < -0.3 is 20.9 Å². The Labute approximate surface area is 144 Å². The van der Waals surface area contributed by atoms with Gasteiger partial charge in [0.1, 0.15) is 18.4 Å². The number of nitrogens with zero attached hydrogens (tertiary/aromatic N) is 4. The van der Waals surface area contributed by atoms with E-state index in [1.54, 1.807) is 6.33 Å². The molecule has 4 N–H and O–H groups in total. The third-order valence-electron chi connectivity index (χ3n) is 4.88. The van der Waals surface area contributed by atoms with Crippen molar-refractivity contribution in [1.29, 1.82) is 0 Å². The standard InChI is InChI=1S/C16H20N6O3/c1-8(23)24-6-11-9-4-2-3-5-10(9)15(25-11)22-7-19-12-13(17)20-16(18)21-14(12)22/h2-3,7,9-11,15H,4-6H2,1H3,(H4,17,18,20,21)/t9-,10+,11+,15+/m0/s1. The molecule has 4 atom stereocenters. The lowest BCUT2D eigenvalue weighted by Gasteiger charge is -2.25. The Balaban J connectivity index is 1.70. The summed E-state index contributed by atoms with van der Waals surface area (Å²) in [7, 11) is 0. The van der Waals surface area contributed by atoms with E-state index in [-0.39, 0.29) is 48.5 Å². The van der Waals surface area contributed by atoms with Crippen molar-refractivity contribution >= 4 is 28.9 Å². The molecule has 0 radical (unpaired) electrons. The number of nitrogens with two attached hydrogens (primary N) is 2. The van der Waals surface area contributed by atoms with Crippen LogP contribution in [0.25, 0.3) is 11.2 Å². The Bertz CT molecular complexity index is 848. The lowest BCUT2D eigenvalue weighted by atomic mass is 9.81. The molecule has 2 aromatic rings. The molecule has 3 heterocycles. The molecule has 25 heavy (non-hydrogen) atoms. The lowest BCUT2D eigenvalue weighted by Crippen LogP contribution is -2.27. The summed E-state index contributed by atoms with van der Waals surface area (Å²) in [5.41, 5.74) is 12.7. The van der Waals surface area contributed by atoms with Gasteiger partial charge in [-0.3, -0.25) is 9.36 Å². The highest BCUT2D eigenvalue weighted by atomic mass is 16.6. The third-order valence-corrected chi connectivity index (χ3v) is 4.88. The molecule has 0 unspecified atom stereocenters. The van der Waals surface area contributed by atoms with Crippen LogP contribution in [0.3, 0.4) is 0 Å². The molecule has 1 aliphatic carbocycles. The molecule has 0 spiro atoms. The molecule has 9 heteroatoms. The van der Waals surface area contributed by atoms with Gasteiger partial charge >= 0.3 is 5.97 Å². The highest BCUT2D eigenvalue weighted by molar-refractivity contribution is 5.82. The minimum Gasteiger partial charge on any atom is -0.463 e. The Morgan fingerprint density at radius 3 is 2.84 bits per heavy atom. The minimum atomic E-state index is -0.309. The third kappa shape index (κ3) is 2.70. The van der Waals surface area contributed by atoms with Gasteiger partial charge in [0.15, 0.2) is 11.5 Å². The van der Waals surface area contributed by atoms with Crippen LogP contribution in [-0.4, -0.2) is 38.2 Å². The van der Waals surface area contributed by atoms with Crippen molar-refractivity contribution in [2.75, 3.05) is 18.1 Å². The summed E-state index contributed by atoms with van der Waals surface area (Å²) >= 11 is 0. The predicted octanol–water partition coefficient (Wildman–Crippen LogP) is 1.03. The molecule has 0 saturated carbocycles. The number of allylic oxidation sites excluding steroid dienone is 2. The van der Waals surface area contributed by atoms with E-state index >= 15 is 0 Å². The lowest BCUT2D eigenvalue weighted by molar-refractivity contribution is -0.146. The largest absolute Gasteiger partial charge is 0.463 e. The monoisotopic (exact) mass is 344 g/mol. The van der Waals surface area contributed by atoms with Crippen LogP contribution >= 0.6 is 0 Å². The topological polar surface area (TPSA) is 131 Å². The molecule has 1 saturated heterocycles. The zero-order valence-electron chi connectivity index (χ0n) is 13.8. The van der Waals surface area contributed by atoms with E-state index in [0.717, 1.165) is 12.8 Å². The van der Waals surface area contributed by atoms with Gasteiger partial charge in [0.05, 0.1) is 12.4 Å². The number of nitrogen functional groups attached to an aromatic ring is 2. The van der Waals surface area contributed by atoms with Gasteiger partial charge in [0.2, 0.25) is 5.95 Å². The maximum atomic E-state index is 11.2. The van der Waals surface area contributed by atoms with E-state index < -0.39 is 0 Å². The molecular weight excluding hydrogens is 324 g/mol. The van der Waals surface area contributed by atoms with Crippen LogP contribution in [0.4, 0.5) is 11.8 Å². The van der Waals surface area contributed by atoms with E-state index in [4.69, 9.17) is 20.9 Å². The Morgan fingerprint density at radius 2 is 2.08 bits per heavy atom. The van der Waals surface area contributed by atoms with Gasteiger partial charge in [-0.15, -0.1) is 0 Å². The number of hydrogen-bond acceptors (Lipinski definition) is 8. The quantitative estimate of drug-likeness (QED) is 0.623. The molecule has 132 valence electrons. The summed E-state index contributed by atoms with van der Waals surface area (Å²) in [6.45, 7) is 1.64. The summed E-state index contributed by atoms with van der Waals surface area (Å²) in [6.07, 6.45) is 7.29. The van der Waals surface area contributed by atoms with Crippen LogP contribution in [0.2, 0.25) is 0 Å². The number of rotatable bonds is 3. The average Bonchev–Trinajstić information content (AvgIpc) is 3.14. The number of esters is 1. The van der Waals surface area contributed by atoms with Gasteiger partial charge in [-0.2, -0.15) is 9.97 Å². The first kappa shape index (κ1) is 15.8. The second-order valence-corrected chi connectivity index (χ2v) is 6.43. The number of ether oxygens (including phenoxy) is 2. The summed E-state index contributed by atoms with van der Waals surface area (Å²) < 4.78 is 13.3. The number of fused-ring (bicyclic) bond motifs is 2. The van der Waals surface area contributed by atoms with E-state index in [2.05, 4.69) is 27.1 Å². The second-order valence-electron chi connectivity index (χ2n) is 6.43. The van der Waals surface area contributed by atoms with Gasteiger partial charge in [-0.05, 0) is 18.8 Å². The van der Waals surface area contributed by atoms with Gasteiger partial charge in [0, 0.05) is 12.8 Å². The normalized spacial score (nSPS) is 28.2. The first-order valence-corrected chi connectivity index (χ1v) is 8.24. The fourth-order valence-electron chi connectivity index (χ4n) is 3.77. The smallest absolute Gasteiger partial charge is 0.302 e. The van der Waals surface area contributed by atoms with Crippen molar-refractivity contribution < 1.29 is 14.3 Å². The number of aromatic nitrogens is 4. The molecule has 4 rings (SSSR count). The zero-order valence-corrected chi connectivity index (χ0v) is 13.8. The van der Waals surface area contributed by atoms with Crippen LogP contribution in [0.15, 0.2) is 18.5 Å². The SMILES string of the molecule is CC(=O)OC[C@H]1O[C@@H](n2cnc3c(N)nc(N)nc32)[C@@H]2CC=CC[C@@H]21. The van der Waals surface area contributed by atoms with Crippen LogP contribution < -0.4 is 11.5 Å². The van der Waals surface area contributed by atoms with Crippen molar-refractivity contribution in [3.8, 4) is 0 Å². The molecular formula is C16H20N6O3. The fourth-order valence-corrected chi connectivity index (χ4v) is 3.77. The van der Waals surface area contributed by atoms with Crippen LogP contribution in [0.1, 0.15) is 26.0 Å². The van der Waals surface area contributed by atoms with Gasteiger partial charge in [0.25, 0.3) is 0 Å².